The molecule has 0 saturated carbocycles. The zero-order valence-electron chi connectivity index (χ0n) is 8.97. The van der Waals surface area contributed by atoms with Crippen LogP contribution in [0, 0.1) is 0 Å². The number of halogens is 1. The van der Waals surface area contributed by atoms with Crippen molar-refractivity contribution in [2.45, 2.75) is 12.5 Å². The number of nitrogens with two attached hydrogens (primary N) is 1. The number of rotatable bonds is 3. The van der Waals surface area contributed by atoms with Crippen LogP contribution in [0.25, 0.3) is 0 Å². The molecule has 0 saturated heterocycles. The summed E-state index contributed by atoms with van der Waals surface area (Å²) in [7, 11) is 1.87. The van der Waals surface area contributed by atoms with Crippen LogP contribution < -0.4 is 5.73 Å². The van der Waals surface area contributed by atoms with Gasteiger partial charge in [-0.15, -0.1) is 0 Å². The Hall–Kier alpha value is -1.20. The van der Waals surface area contributed by atoms with Gasteiger partial charge in [-0.2, -0.15) is 5.10 Å². The molecule has 0 aliphatic heterocycles. The molecule has 1 aromatic carbocycles. The lowest BCUT2D eigenvalue weighted by atomic mass is 10.0. The minimum absolute atomic E-state index is 0.0454. The Kier molecular flexibility index (Phi) is 3.36. The van der Waals surface area contributed by atoms with Gasteiger partial charge in [0.05, 0.1) is 0 Å². The van der Waals surface area contributed by atoms with Crippen LogP contribution in [0.3, 0.4) is 0 Å². The molecular formula is C11H13BrN4. The van der Waals surface area contributed by atoms with E-state index in [1.165, 1.54) is 0 Å². The van der Waals surface area contributed by atoms with Crippen molar-refractivity contribution in [2.24, 2.45) is 12.8 Å². The number of hydrogen-bond acceptors (Lipinski definition) is 3. The molecule has 84 valence electrons. The molecule has 0 radical (unpaired) electrons. The zero-order valence-corrected chi connectivity index (χ0v) is 10.6. The summed E-state index contributed by atoms with van der Waals surface area (Å²) in [5, 5.41) is 4.02. The van der Waals surface area contributed by atoms with Gasteiger partial charge < -0.3 is 5.73 Å². The first-order valence-electron chi connectivity index (χ1n) is 5.00. The van der Waals surface area contributed by atoms with Crippen molar-refractivity contribution in [3.8, 4) is 0 Å². The topological polar surface area (TPSA) is 56.7 Å². The van der Waals surface area contributed by atoms with E-state index in [1.54, 1.807) is 11.0 Å². The summed E-state index contributed by atoms with van der Waals surface area (Å²) < 4.78 is 2.81. The molecule has 1 unspecified atom stereocenters. The molecule has 16 heavy (non-hydrogen) atoms. The van der Waals surface area contributed by atoms with E-state index in [2.05, 4.69) is 26.0 Å². The molecule has 5 heteroatoms. The minimum Gasteiger partial charge on any atom is -0.324 e. The molecular weight excluding hydrogens is 268 g/mol. The predicted molar refractivity (Wildman–Crippen MR) is 65.8 cm³/mol. The minimum atomic E-state index is -0.0454. The highest BCUT2D eigenvalue weighted by molar-refractivity contribution is 9.10. The van der Waals surface area contributed by atoms with Gasteiger partial charge in [-0.05, 0) is 17.7 Å². The summed E-state index contributed by atoms with van der Waals surface area (Å²) in [6.45, 7) is 0. The van der Waals surface area contributed by atoms with Crippen molar-refractivity contribution in [1.82, 2.24) is 14.8 Å². The van der Waals surface area contributed by atoms with E-state index in [1.807, 2.05) is 31.3 Å². The van der Waals surface area contributed by atoms with Crippen LogP contribution in [0.2, 0.25) is 0 Å². The first-order chi connectivity index (χ1) is 7.66. The normalized spacial score (nSPS) is 12.7. The molecule has 0 aliphatic rings. The van der Waals surface area contributed by atoms with E-state index in [9.17, 15) is 0 Å². The molecule has 0 amide bonds. The fraction of sp³-hybridized carbons (Fsp3) is 0.273. The van der Waals surface area contributed by atoms with E-state index < -0.39 is 0 Å². The highest BCUT2D eigenvalue weighted by Gasteiger charge is 2.10. The molecule has 2 rings (SSSR count). The van der Waals surface area contributed by atoms with Gasteiger partial charge in [0, 0.05) is 24.0 Å². The molecule has 4 nitrogen and oxygen atoms in total. The fourth-order valence-electron chi connectivity index (χ4n) is 1.53. The zero-order chi connectivity index (χ0) is 11.5. The Balaban J connectivity index is 2.11. The molecule has 0 aliphatic carbocycles. The standard InChI is InChI=1S/C11H13BrN4/c1-16-11(14-7-15-16)6-10(13)8-2-4-9(12)5-3-8/h2-5,7,10H,6,13H2,1H3. The van der Waals surface area contributed by atoms with E-state index >= 15 is 0 Å². The number of aryl methyl sites for hydroxylation is 1. The molecule has 1 atom stereocenters. The number of nitrogens with zero attached hydrogens (tertiary/aromatic N) is 3. The maximum atomic E-state index is 6.11. The number of hydrogen-bond donors (Lipinski definition) is 1. The number of aromatic nitrogens is 3. The van der Waals surface area contributed by atoms with Gasteiger partial charge >= 0.3 is 0 Å². The van der Waals surface area contributed by atoms with Gasteiger partial charge in [0.25, 0.3) is 0 Å². The molecule has 1 aromatic heterocycles. The molecule has 0 spiro atoms. The van der Waals surface area contributed by atoms with Gasteiger partial charge in [0.2, 0.25) is 0 Å². The predicted octanol–water partition coefficient (Wildman–Crippen LogP) is 1.82. The molecule has 2 aromatic rings. The SMILES string of the molecule is Cn1ncnc1CC(N)c1ccc(Br)cc1. The van der Waals surface area contributed by atoms with E-state index in [0.717, 1.165) is 15.9 Å². The second kappa shape index (κ2) is 4.76. The Morgan fingerprint density at radius 2 is 2.06 bits per heavy atom. The average molecular weight is 281 g/mol. The van der Waals surface area contributed by atoms with Crippen molar-refractivity contribution in [2.75, 3.05) is 0 Å². The summed E-state index contributed by atoms with van der Waals surface area (Å²) in [5.41, 5.74) is 7.21. The van der Waals surface area contributed by atoms with Crippen LogP contribution in [0.4, 0.5) is 0 Å². The first-order valence-corrected chi connectivity index (χ1v) is 5.80. The molecule has 2 N–H and O–H groups in total. The second-order valence-corrected chi connectivity index (χ2v) is 4.58. The van der Waals surface area contributed by atoms with Gasteiger partial charge in [0.1, 0.15) is 12.2 Å². The van der Waals surface area contributed by atoms with Crippen LogP contribution in [0.1, 0.15) is 17.4 Å². The molecule has 1 heterocycles. The van der Waals surface area contributed by atoms with Crippen LogP contribution >= 0.6 is 15.9 Å². The van der Waals surface area contributed by atoms with Gasteiger partial charge in [-0.25, -0.2) is 4.98 Å². The average Bonchev–Trinajstić information content (AvgIpc) is 2.65. The maximum Gasteiger partial charge on any atom is 0.138 e. The quantitative estimate of drug-likeness (QED) is 0.933. The summed E-state index contributed by atoms with van der Waals surface area (Å²) >= 11 is 3.40. The van der Waals surface area contributed by atoms with Crippen LogP contribution in [0.5, 0.6) is 0 Å². The number of benzene rings is 1. The third-order valence-electron chi connectivity index (χ3n) is 2.51. The Bertz CT molecular complexity index is 463. The molecule has 0 fully saturated rings. The van der Waals surface area contributed by atoms with Crippen LogP contribution in [-0.2, 0) is 13.5 Å². The smallest absolute Gasteiger partial charge is 0.138 e. The Labute approximate surface area is 103 Å². The third kappa shape index (κ3) is 2.48. The summed E-state index contributed by atoms with van der Waals surface area (Å²) in [6.07, 6.45) is 2.24. The highest BCUT2D eigenvalue weighted by atomic mass is 79.9. The lowest BCUT2D eigenvalue weighted by molar-refractivity contribution is 0.629. The lowest BCUT2D eigenvalue weighted by Crippen LogP contribution is -2.16. The highest BCUT2D eigenvalue weighted by Crippen LogP contribution is 2.17. The van der Waals surface area contributed by atoms with Crippen molar-refractivity contribution < 1.29 is 0 Å². The van der Waals surface area contributed by atoms with Crippen molar-refractivity contribution in [3.05, 3.63) is 46.5 Å². The maximum absolute atomic E-state index is 6.11. The van der Waals surface area contributed by atoms with Crippen molar-refractivity contribution >= 4 is 15.9 Å². The van der Waals surface area contributed by atoms with Crippen LogP contribution in [-0.4, -0.2) is 14.8 Å². The molecule has 0 bridgehead atoms. The van der Waals surface area contributed by atoms with Gasteiger partial charge in [-0.1, -0.05) is 28.1 Å². The monoisotopic (exact) mass is 280 g/mol. The van der Waals surface area contributed by atoms with Crippen molar-refractivity contribution in [3.63, 3.8) is 0 Å². The Morgan fingerprint density at radius 3 is 2.62 bits per heavy atom. The van der Waals surface area contributed by atoms with E-state index in [4.69, 9.17) is 5.73 Å². The Morgan fingerprint density at radius 1 is 1.38 bits per heavy atom. The van der Waals surface area contributed by atoms with Gasteiger partial charge in [0.15, 0.2) is 0 Å². The summed E-state index contributed by atoms with van der Waals surface area (Å²) in [5.74, 6) is 0.899. The van der Waals surface area contributed by atoms with E-state index in [-0.39, 0.29) is 6.04 Å². The van der Waals surface area contributed by atoms with Crippen molar-refractivity contribution in [1.29, 1.82) is 0 Å². The first kappa shape index (κ1) is 11.3. The van der Waals surface area contributed by atoms with E-state index in [0.29, 0.717) is 6.42 Å². The lowest BCUT2D eigenvalue weighted by Gasteiger charge is -2.11. The fourth-order valence-corrected chi connectivity index (χ4v) is 1.79. The summed E-state index contributed by atoms with van der Waals surface area (Å²) in [6, 6.07) is 7.98. The second-order valence-electron chi connectivity index (χ2n) is 3.66. The van der Waals surface area contributed by atoms with Gasteiger partial charge in [-0.3, -0.25) is 4.68 Å². The van der Waals surface area contributed by atoms with Crippen LogP contribution in [0.15, 0.2) is 35.1 Å². The largest absolute Gasteiger partial charge is 0.324 e. The summed E-state index contributed by atoms with van der Waals surface area (Å²) in [4.78, 5) is 4.16. The third-order valence-corrected chi connectivity index (χ3v) is 3.03.